The van der Waals surface area contributed by atoms with Crippen molar-refractivity contribution < 1.29 is 23.8 Å². The summed E-state index contributed by atoms with van der Waals surface area (Å²) in [6, 6.07) is 10.3. The van der Waals surface area contributed by atoms with Crippen LogP contribution >= 0.6 is 0 Å². The van der Waals surface area contributed by atoms with Gasteiger partial charge in [-0.25, -0.2) is 0 Å². The molecule has 0 aliphatic heterocycles. The van der Waals surface area contributed by atoms with Crippen LogP contribution in [0.15, 0.2) is 36.4 Å². The van der Waals surface area contributed by atoms with Crippen LogP contribution in [0.2, 0.25) is 0 Å². The van der Waals surface area contributed by atoms with E-state index in [1.807, 2.05) is 20.8 Å². The van der Waals surface area contributed by atoms with Crippen LogP contribution in [0.5, 0.6) is 17.2 Å². The molecule has 0 atom stereocenters. The largest absolute Gasteiger partial charge is 0.490 e. The fourth-order valence-electron chi connectivity index (χ4n) is 2.85. The molecule has 0 saturated heterocycles. The first-order valence-corrected chi connectivity index (χ1v) is 10.6. The summed E-state index contributed by atoms with van der Waals surface area (Å²) in [5, 5.41) is 2.78. The molecule has 0 spiro atoms. The molecule has 170 valence electrons. The smallest absolute Gasteiger partial charge is 0.253 e. The first kappa shape index (κ1) is 24.6. The Labute approximate surface area is 189 Å². The van der Waals surface area contributed by atoms with Gasteiger partial charge in [0, 0.05) is 30.8 Å². The number of nitrogens with one attached hydrogen (secondary N) is 1. The van der Waals surface area contributed by atoms with Crippen LogP contribution in [0.1, 0.15) is 47.1 Å². The Morgan fingerprint density at radius 3 is 1.94 bits per heavy atom. The molecule has 0 fully saturated rings. The first-order valence-electron chi connectivity index (χ1n) is 10.6. The van der Waals surface area contributed by atoms with Crippen LogP contribution < -0.4 is 19.5 Å². The van der Waals surface area contributed by atoms with E-state index in [0.717, 1.165) is 5.56 Å². The van der Waals surface area contributed by atoms with Gasteiger partial charge in [0.05, 0.1) is 26.4 Å². The quantitative estimate of drug-likeness (QED) is 0.608. The lowest BCUT2D eigenvalue weighted by Gasteiger charge is -2.16. The fourth-order valence-corrected chi connectivity index (χ4v) is 2.85. The van der Waals surface area contributed by atoms with Crippen LogP contribution in [-0.2, 0) is 0 Å². The van der Waals surface area contributed by atoms with Gasteiger partial charge in [0.2, 0.25) is 5.75 Å². The Morgan fingerprint density at radius 1 is 0.875 bits per heavy atom. The molecular formula is C25H30N2O5. The maximum atomic E-state index is 12.6. The molecule has 0 bridgehead atoms. The molecule has 2 amide bonds. The van der Waals surface area contributed by atoms with Crippen molar-refractivity contribution in [2.45, 2.75) is 20.8 Å². The molecule has 0 aliphatic rings. The number of hydrogen-bond acceptors (Lipinski definition) is 5. The van der Waals surface area contributed by atoms with Gasteiger partial charge in [0.15, 0.2) is 11.5 Å². The van der Waals surface area contributed by atoms with Crippen LogP contribution in [0.3, 0.4) is 0 Å². The highest BCUT2D eigenvalue weighted by Gasteiger charge is 2.18. The van der Waals surface area contributed by atoms with E-state index in [-0.39, 0.29) is 18.4 Å². The maximum Gasteiger partial charge on any atom is 0.253 e. The standard InChI is InChI=1S/C25H30N2O5/c1-6-30-21-16-20(17-22(31-7-2)23(21)32-8-3)24(28)26-15-9-10-18-11-13-19(14-12-18)25(29)27(4)5/h11-14,16-17H,6-8,15H2,1-5H3,(H,26,28). The summed E-state index contributed by atoms with van der Waals surface area (Å²) >= 11 is 0. The van der Waals surface area contributed by atoms with E-state index < -0.39 is 0 Å². The molecule has 0 radical (unpaired) electrons. The van der Waals surface area contributed by atoms with E-state index in [1.165, 1.54) is 4.90 Å². The summed E-state index contributed by atoms with van der Waals surface area (Å²) in [7, 11) is 3.41. The van der Waals surface area contributed by atoms with Gasteiger partial charge in [-0.3, -0.25) is 9.59 Å². The number of nitrogens with zero attached hydrogens (tertiary/aromatic N) is 1. The molecule has 2 rings (SSSR count). The van der Waals surface area contributed by atoms with E-state index >= 15 is 0 Å². The second-order valence-corrected chi connectivity index (χ2v) is 6.86. The Balaban J connectivity index is 2.09. The maximum absolute atomic E-state index is 12.6. The molecule has 0 aliphatic carbocycles. The van der Waals surface area contributed by atoms with Gasteiger partial charge in [-0.15, -0.1) is 0 Å². The average Bonchev–Trinajstić information content (AvgIpc) is 2.78. The number of benzene rings is 2. The minimum Gasteiger partial charge on any atom is -0.490 e. The van der Waals surface area contributed by atoms with Gasteiger partial charge in [0.25, 0.3) is 11.8 Å². The van der Waals surface area contributed by atoms with Gasteiger partial charge in [-0.2, -0.15) is 0 Å². The molecule has 1 N–H and O–H groups in total. The van der Waals surface area contributed by atoms with Gasteiger partial charge < -0.3 is 24.4 Å². The Bertz CT molecular complexity index is 961. The molecular weight excluding hydrogens is 408 g/mol. The highest BCUT2D eigenvalue weighted by atomic mass is 16.5. The monoisotopic (exact) mass is 438 g/mol. The van der Waals surface area contributed by atoms with Gasteiger partial charge in [0.1, 0.15) is 0 Å². The summed E-state index contributed by atoms with van der Waals surface area (Å²) in [6.07, 6.45) is 0. The van der Waals surface area contributed by atoms with Crippen molar-refractivity contribution in [3.8, 4) is 29.1 Å². The zero-order valence-electron chi connectivity index (χ0n) is 19.3. The molecule has 32 heavy (non-hydrogen) atoms. The van der Waals surface area contributed by atoms with Gasteiger partial charge >= 0.3 is 0 Å². The summed E-state index contributed by atoms with van der Waals surface area (Å²) in [4.78, 5) is 26.1. The number of amides is 2. The van der Waals surface area contributed by atoms with Crippen molar-refractivity contribution in [1.82, 2.24) is 10.2 Å². The summed E-state index contributed by atoms with van der Waals surface area (Å²) in [5.41, 5.74) is 1.75. The first-order chi connectivity index (χ1) is 15.4. The van der Waals surface area contributed by atoms with E-state index in [2.05, 4.69) is 17.2 Å². The van der Waals surface area contributed by atoms with Crippen molar-refractivity contribution >= 4 is 11.8 Å². The lowest BCUT2D eigenvalue weighted by Crippen LogP contribution is -2.23. The summed E-state index contributed by atoms with van der Waals surface area (Å²) in [5.74, 6) is 6.95. The van der Waals surface area contributed by atoms with Crippen LogP contribution in [0.25, 0.3) is 0 Å². The van der Waals surface area contributed by atoms with Crippen molar-refractivity contribution in [2.24, 2.45) is 0 Å². The predicted octanol–water partition coefficient (Wildman–Crippen LogP) is 3.37. The van der Waals surface area contributed by atoms with Crippen molar-refractivity contribution in [2.75, 3.05) is 40.5 Å². The highest BCUT2D eigenvalue weighted by Crippen LogP contribution is 2.39. The zero-order chi connectivity index (χ0) is 23.5. The lowest BCUT2D eigenvalue weighted by atomic mass is 10.1. The van der Waals surface area contributed by atoms with Crippen molar-refractivity contribution in [1.29, 1.82) is 0 Å². The number of hydrogen-bond donors (Lipinski definition) is 1. The Hall–Kier alpha value is -3.66. The van der Waals surface area contributed by atoms with E-state index in [0.29, 0.717) is 48.2 Å². The summed E-state index contributed by atoms with van der Waals surface area (Å²) < 4.78 is 17.0. The van der Waals surface area contributed by atoms with Crippen molar-refractivity contribution in [3.63, 3.8) is 0 Å². The Morgan fingerprint density at radius 2 is 1.44 bits per heavy atom. The third-order valence-electron chi connectivity index (χ3n) is 4.28. The third-order valence-corrected chi connectivity index (χ3v) is 4.28. The fraction of sp³-hybridized carbons (Fsp3) is 0.360. The second kappa shape index (κ2) is 12.3. The minimum atomic E-state index is -0.295. The van der Waals surface area contributed by atoms with Crippen molar-refractivity contribution in [3.05, 3.63) is 53.1 Å². The Kier molecular flexibility index (Phi) is 9.43. The molecule has 2 aromatic carbocycles. The molecule has 7 nitrogen and oxygen atoms in total. The molecule has 2 aromatic rings. The molecule has 0 saturated carbocycles. The zero-order valence-corrected chi connectivity index (χ0v) is 19.3. The molecule has 7 heteroatoms. The van der Waals surface area contributed by atoms with Gasteiger partial charge in [-0.1, -0.05) is 11.8 Å². The molecule has 0 aromatic heterocycles. The van der Waals surface area contributed by atoms with Crippen LogP contribution in [-0.4, -0.2) is 57.2 Å². The SMILES string of the molecule is CCOc1cc(C(=O)NCC#Cc2ccc(C(=O)N(C)C)cc2)cc(OCC)c1OCC. The highest BCUT2D eigenvalue weighted by molar-refractivity contribution is 5.96. The second-order valence-electron chi connectivity index (χ2n) is 6.86. The normalized spacial score (nSPS) is 9.91. The minimum absolute atomic E-state index is 0.0648. The predicted molar refractivity (Wildman–Crippen MR) is 124 cm³/mol. The lowest BCUT2D eigenvalue weighted by molar-refractivity contribution is 0.0827. The number of carbonyl (C=O) groups excluding carboxylic acids is 2. The molecule has 0 heterocycles. The van der Waals surface area contributed by atoms with Crippen LogP contribution in [0.4, 0.5) is 0 Å². The van der Waals surface area contributed by atoms with Gasteiger partial charge in [-0.05, 0) is 57.2 Å². The van der Waals surface area contributed by atoms with Crippen LogP contribution in [0, 0.1) is 11.8 Å². The van der Waals surface area contributed by atoms with E-state index in [9.17, 15) is 9.59 Å². The van der Waals surface area contributed by atoms with E-state index in [4.69, 9.17) is 14.2 Å². The number of carbonyl (C=O) groups is 2. The summed E-state index contributed by atoms with van der Waals surface area (Å²) in [6.45, 7) is 7.08. The van der Waals surface area contributed by atoms with E-state index in [1.54, 1.807) is 50.5 Å². The average molecular weight is 439 g/mol. The topological polar surface area (TPSA) is 77.1 Å². The third kappa shape index (κ3) is 6.67. The molecule has 0 unspecified atom stereocenters. The number of rotatable bonds is 9. The number of ether oxygens (including phenoxy) is 3.